The highest BCUT2D eigenvalue weighted by Crippen LogP contribution is 2.27. The average molecular weight is 326 g/mol. The van der Waals surface area contributed by atoms with E-state index in [0.29, 0.717) is 41.2 Å². The lowest BCUT2D eigenvalue weighted by molar-refractivity contribution is 0.212. The van der Waals surface area contributed by atoms with Gasteiger partial charge in [-0.05, 0) is 36.0 Å². The quantitative estimate of drug-likeness (QED) is 0.862. The first-order chi connectivity index (χ1) is 9.80. The third-order valence-corrected chi connectivity index (χ3v) is 6.26. The van der Waals surface area contributed by atoms with E-state index in [-0.39, 0.29) is 0 Å². The second-order valence-electron chi connectivity index (χ2n) is 5.89. The molecule has 2 atom stereocenters. The van der Waals surface area contributed by atoms with E-state index in [0.717, 1.165) is 12.0 Å². The van der Waals surface area contributed by atoms with Crippen molar-refractivity contribution in [2.75, 3.05) is 13.1 Å². The van der Waals surface area contributed by atoms with Crippen LogP contribution in [0.5, 0.6) is 0 Å². The fourth-order valence-corrected chi connectivity index (χ4v) is 4.29. The third-order valence-electron chi connectivity index (χ3n) is 4.24. The van der Waals surface area contributed by atoms with Gasteiger partial charge >= 0.3 is 0 Å². The summed E-state index contributed by atoms with van der Waals surface area (Å²) in [4.78, 5) is 0.750. The molecule has 1 saturated heterocycles. The first kappa shape index (κ1) is 16.4. The minimum absolute atomic E-state index is 0.343. The van der Waals surface area contributed by atoms with E-state index in [1.54, 1.807) is 28.6 Å². The van der Waals surface area contributed by atoms with E-state index in [9.17, 15) is 8.42 Å². The molecule has 21 heavy (non-hydrogen) atoms. The van der Waals surface area contributed by atoms with Gasteiger partial charge in [-0.25, -0.2) is 8.42 Å². The number of nitrogens with zero attached hydrogens (tertiary/aromatic N) is 1. The van der Waals surface area contributed by atoms with Crippen LogP contribution in [0.3, 0.4) is 0 Å². The first-order valence-corrected chi connectivity index (χ1v) is 9.03. The first-order valence-electron chi connectivity index (χ1n) is 7.18. The van der Waals surface area contributed by atoms with Crippen LogP contribution in [0.15, 0.2) is 29.2 Å². The molecule has 4 nitrogen and oxygen atoms in total. The summed E-state index contributed by atoms with van der Waals surface area (Å²) in [5.41, 5.74) is 6.43. The topological polar surface area (TPSA) is 63.4 Å². The highest BCUT2D eigenvalue weighted by atomic mass is 32.2. The van der Waals surface area contributed by atoms with Gasteiger partial charge in [0.05, 0.1) is 9.88 Å². The molecule has 0 aromatic heterocycles. The predicted octanol–water partition coefficient (Wildman–Crippen LogP) is 2.18. The molecule has 2 rings (SSSR count). The lowest BCUT2D eigenvalue weighted by atomic mass is 9.90. The molecular formula is C15H22N2O2S2. The molecule has 0 amide bonds. The molecule has 0 radical (unpaired) electrons. The van der Waals surface area contributed by atoms with Gasteiger partial charge in [-0.15, -0.1) is 0 Å². The maximum absolute atomic E-state index is 12.6. The molecule has 2 unspecified atom stereocenters. The minimum Gasteiger partial charge on any atom is -0.393 e. The van der Waals surface area contributed by atoms with Crippen molar-refractivity contribution in [1.29, 1.82) is 0 Å². The molecule has 0 aliphatic carbocycles. The lowest BCUT2D eigenvalue weighted by Crippen LogP contribution is -2.42. The van der Waals surface area contributed by atoms with Crippen LogP contribution in [-0.4, -0.2) is 30.8 Å². The zero-order valence-electron chi connectivity index (χ0n) is 12.5. The second-order valence-corrected chi connectivity index (χ2v) is 8.36. The number of hydrogen-bond acceptors (Lipinski definition) is 3. The lowest BCUT2D eigenvalue weighted by Gasteiger charge is -2.34. The third kappa shape index (κ3) is 3.81. The van der Waals surface area contributed by atoms with Crippen molar-refractivity contribution in [2.45, 2.75) is 31.6 Å². The average Bonchev–Trinajstić information content (AvgIpc) is 2.41. The van der Waals surface area contributed by atoms with Gasteiger partial charge in [0, 0.05) is 19.5 Å². The van der Waals surface area contributed by atoms with Crippen LogP contribution in [0, 0.1) is 11.8 Å². The highest BCUT2D eigenvalue weighted by molar-refractivity contribution is 7.89. The van der Waals surface area contributed by atoms with Crippen LogP contribution in [0.25, 0.3) is 0 Å². The van der Waals surface area contributed by atoms with Crippen LogP contribution >= 0.6 is 12.2 Å². The molecule has 1 fully saturated rings. The second kappa shape index (κ2) is 6.42. The van der Waals surface area contributed by atoms with E-state index < -0.39 is 10.0 Å². The summed E-state index contributed by atoms with van der Waals surface area (Å²) in [5, 5.41) is 0. The van der Waals surface area contributed by atoms with Gasteiger partial charge in [0.2, 0.25) is 10.0 Å². The zero-order chi connectivity index (χ0) is 15.6. The molecular weight excluding hydrogens is 304 g/mol. The number of hydrogen-bond donors (Lipinski definition) is 1. The molecule has 1 aromatic carbocycles. The number of thiocarbonyl (C=S) groups is 1. The van der Waals surface area contributed by atoms with Crippen LogP contribution < -0.4 is 5.73 Å². The summed E-state index contributed by atoms with van der Waals surface area (Å²) in [6.45, 7) is 5.48. The molecule has 0 bridgehead atoms. The Hall–Kier alpha value is -0.980. The summed E-state index contributed by atoms with van der Waals surface area (Å²) < 4.78 is 26.9. The highest BCUT2D eigenvalue weighted by Gasteiger charge is 2.31. The number of benzene rings is 1. The summed E-state index contributed by atoms with van der Waals surface area (Å²) in [5.74, 6) is 0.965. The fraction of sp³-hybridized carbons (Fsp3) is 0.533. The Bertz CT molecular complexity index is 611. The van der Waals surface area contributed by atoms with Crippen LogP contribution in [-0.2, 0) is 16.4 Å². The standard InChI is InChI=1S/C15H22N2O2S2/c1-11-7-8-17(10-12(11)2)21(18,19)14-5-3-13(4-6-14)9-15(16)20/h3-6,11-12H,7-10H2,1-2H3,(H2,16,20). The molecule has 0 spiro atoms. The summed E-state index contributed by atoms with van der Waals surface area (Å²) in [6, 6.07) is 6.85. The fourth-order valence-electron chi connectivity index (χ4n) is 2.57. The van der Waals surface area contributed by atoms with Crippen molar-refractivity contribution in [2.24, 2.45) is 17.6 Å². The number of piperidine rings is 1. The molecule has 2 N–H and O–H groups in total. The summed E-state index contributed by atoms with van der Waals surface area (Å²) >= 11 is 4.86. The molecule has 1 aromatic rings. The van der Waals surface area contributed by atoms with E-state index in [1.165, 1.54) is 0 Å². The number of rotatable bonds is 4. The normalized spacial score (nSPS) is 23.9. The van der Waals surface area contributed by atoms with Crippen molar-refractivity contribution in [3.63, 3.8) is 0 Å². The van der Waals surface area contributed by atoms with Crippen molar-refractivity contribution < 1.29 is 8.42 Å². The van der Waals surface area contributed by atoms with E-state index >= 15 is 0 Å². The SMILES string of the molecule is CC1CCN(S(=O)(=O)c2ccc(CC(N)=S)cc2)CC1C. The Kier molecular flexibility index (Phi) is 5.01. The molecule has 116 valence electrons. The van der Waals surface area contributed by atoms with Crippen molar-refractivity contribution in [3.05, 3.63) is 29.8 Å². The van der Waals surface area contributed by atoms with Gasteiger partial charge in [-0.3, -0.25) is 0 Å². The number of sulfonamides is 1. The van der Waals surface area contributed by atoms with E-state index in [4.69, 9.17) is 18.0 Å². The molecule has 0 saturated carbocycles. The molecule has 1 aliphatic heterocycles. The predicted molar refractivity (Wildman–Crippen MR) is 88.6 cm³/mol. The molecule has 1 aliphatic rings. The van der Waals surface area contributed by atoms with Gasteiger partial charge in [-0.1, -0.05) is 38.2 Å². The maximum Gasteiger partial charge on any atom is 0.243 e. The Morgan fingerprint density at radius 1 is 1.29 bits per heavy atom. The number of nitrogens with two attached hydrogens (primary N) is 1. The zero-order valence-corrected chi connectivity index (χ0v) is 14.1. The summed E-state index contributed by atoms with van der Waals surface area (Å²) in [6.07, 6.45) is 1.41. The van der Waals surface area contributed by atoms with E-state index in [2.05, 4.69) is 13.8 Å². The largest absolute Gasteiger partial charge is 0.393 e. The Labute approximate surface area is 132 Å². The smallest absolute Gasteiger partial charge is 0.243 e. The van der Waals surface area contributed by atoms with Gasteiger partial charge in [0.25, 0.3) is 0 Å². The minimum atomic E-state index is -3.39. The Balaban J connectivity index is 2.18. The van der Waals surface area contributed by atoms with Crippen LogP contribution in [0.1, 0.15) is 25.8 Å². The summed E-state index contributed by atoms with van der Waals surface area (Å²) in [7, 11) is -3.39. The van der Waals surface area contributed by atoms with Crippen LogP contribution in [0.4, 0.5) is 0 Å². The molecule has 1 heterocycles. The Morgan fingerprint density at radius 2 is 1.90 bits per heavy atom. The van der Waals surface area contributed by atoms with Crippen molar-refractivity contribution in [1.82, 2.24) is 4.31 Å². The van der Waals surface area contributed by atoms with E-state index in [1.807, 2.05) is 0 Å². The Morgan fingerprint density at radius 3 is 2.43 bits per heavy atom. The van der Waals surface area contributed by atoms with Gasteiger partial charge in [-0.2, -0.15) is 4.31 Å². The maximum atomic E-state index is 12.6. The van der Waals surface area contributed by atoms with Crippen molar-refractivity contribution in [3.8, 4) is 0 Å². The monoisotopic (exact) mass is 326 g/mol. The van der Waals surface area contributed by atoms with Gasteiger partial charge < -0.3 is 5.73 Å². The molecule has 6 heteroatoms. The van der Waals surface area contributed by atoms with Crippen LogP contribution in [0.2, 0.25) is 0 Å². The van der Waals surface area contributed by atoms with Gasteiger partial charge in [0.1, 0.15) is 0 Å². The van der Waals surface area contributed by atoms with Crippen molar-refractivity contribution >= 4 is 27.2 Å². The van der Waals surface area contributed by atoms with Gasteiger partial charge in [0.15, 0.2) is 0 Å².